The van der Waals surface area contributed by atoms with Gasteiger partial charge in [-0.15, -0.1) is 0 Å². The van der Waals surface area contributed by atoms with Gasteiger partial charge in [-0.3, -0.25) is 14.7 Å². The van der Waals surface area contributed by atoms with Crippen LogP contribution in [-0.2, 0) is 6.54 Å². The van der Waals surface area contributed by atoms with Gasteiger partial charge in [0.15, 0.2) is 0 Å². The smallest absolute Gasteiger partial charge is 0.274 e. The predicted octanol–water partition coefficient (Wildman–Crippen LogP) is 2.97. The lowest BCUT2D eigenvalue weighted by molar-refractivity contribution is 0.0706. The molecule has 0 spiro atoms. The summed E-state index contributed by atoms with van der Waals surface area (Å²) in [4.78, 5) is 11.4. The number of hydroxylamine groups is 1. The molecule has 0 radical (unpaired) electrons. The van der Waals surface area contributed by atoms with E-state index in [1.54, 1.807) is 17.6 Å². The van der Waals surface area contributed by atoms with Gasteiger partial charge in [0.25, 0.3) is 5.91 Å². The molecule has 0 atom stereocenters. The summed E-state index contributed by atoms with van der Waals surface area (Å²) in [7, 11) is 0. The Balaban J connectivity index is 1.90. The molecule has 2 N–H and O–H groups in total. The van der Waals surface area contributed by atoms with Crippen LogP contribution in [0.1, 0.15) is 15.9 Å². The van der Waals surface area contributed by atoms with Gasteiger partial charge in [0.2, 0.25) is 0 Å². The number of aromatic nitrogens is 2. The first kappa shape index (κ1) is 13.8. The van der Waals surface area contributed by atoms with Crippen LogP contribution in [0.4, 0.5) is 0 Å². The maximum absolute atomic E-state index is 11.4. The van der Waals surface area contributed by atoms with E-state index in [9.17, 15) is 4.79 Å². The molecule has 0 fully saturated rings. The van der Waals surface area contributed by atoms with Crippen molar-refractivity contribution >= 4 is 32.7 Å². The Morgan fingerprint density at radius 3 is 2.71 bits per heavy atom. The molecule has 1 heterocycles. The molecule has 0 aliphatic carbocycles. The highest BCUT2D eigenvalue weighted by molar-refractivity contribution is 9.10. The van der Waals surface area contributed by atoms with Crippen molar-refractivity contribution in [2.24, 2.45) is 0 Å². The van der Waals surface area contributed by atoms with Crippen LogP contribution >= 0.6 is 15.9 Å². The monoisotopic (exact) mass is 345 g/mol. The lowest BCUT2D eigenvalue weighted by atomic mass is 10.1. The number of carbonyl (C=O) groups is 1. The number of amides is 1. The number of rotatable bonds is 3. The summed E-state index contributed by atoms with van der Waals surface area (Å²) >= 11 is 3.41. The van der Waals surface area contributed by atoms with E-state index in [1.807, 2.05) is 41.2 Å². The number of carbonyl (C=O) groups excluding carboxylic acids is 1. The maximum atomic E-state index is 11.4. The van der Waals surface area contributed by atoms with Crippen molar-refractivity contribution in [2.45, 2.75) is 6.54 Å². The van der Waals surface area contributed by atoms with E-state index >= 15 is 0 Å². The Bertz CT molecular complexity index is 796. The van der Waals surface area contributed by atoms with Crippen molar-refractivity contribution in [2.75, 3.05) is 0 Å². The SMILES string of the molecule is O=C(NO)c1ccc2cn(Cc3ccc(Br)cc3)nc2c1. The summed E-state index contributed by atoms with van der Waals surface area (Å²) in [6.45, 7) is 0.656. The Hall–Kier alpha value is -2.18. The minimum absolute atomic E-state index is 0.374. The minimum Gasteiger partial charge on any atom is -0.288 e. The second-order valence-corrected chi connectivity index (χ2v) is 5.58. The summed E-state index contributed by atoms with van der Waals surface area (Å²) in [5.74, 6) is -0.542. The van der Waals surface area contributed by atoms with Crippen LogP contribution in [0.3, 0.4) is 0 Å². The van der Waals surface area contributed by atoms with Crippen LogP contribution < -0.4 is 5.48 Å². The van der Waals surface area contributed by atoms with Gasteiger partial charge >= 0.3 is 0 Å². The largest absolute Gasteiger partial charge is 0.288 e. The van der Waals surface area contributed by atoms with Crippen LogP contribution in [0.25, 0.3) is 10.9 Å². The summed E-state index contributed by atoms with van der Waals surface area (Å²) in [6.07, 6.45) is 1.93. The van der Waals surface area contributed by atoms with Gasteiger partial charge in [-0.1, -0.05) is 34.1 Å². The van der Waals surface area contributed by atoms with E-state index in [-0.39, 0.29) is 0 Å². The molecule has 21 heavy (non-hydrogen) atoms. The van der Waals surface area contributed by atoms with Crippen molar-refractivity contribution in [3.63, 3.8) is 0 Å². The number of fused-ring (bicyclic) bond motifs is 1. The lowest BCUT2D eigenvalue weighted by Crippen LogP contribution is -2.18. The molecule has 6 heteroatoms. The normalized spacial score (nSPS) is 10.8. The summed E-state index contributed by atoms with van der Waals surface area (Å²) in [5.41, 5.74) is 3.85. The van der Waals surface area contributed by atoms with E-state index in [1.165, 1.54) is 0 Å². The first-order chi connectivity index (χ1) is 10.2. The van der Waals surface area contributed by atoms with Crippen molar-refractivity contribution in [3.8, 4) is 0 Å². The number of halogens is 1. The van der Waals surface area contributed by atoms with Gasteiger partial charge in [-0.25, -0.2) is 5.48 Å². The molecule has 3 rings (SSSR count). The third-order valence-electron chi connectivity index (χ3n) is 3.18. The predicted molar refractivity (Wildman–Crippen MR) is 82.2 cm³/mol. The van der Waals surface area contributed by atoms with Crippen LogP contribution in [-0.4, -0.2) is 20.9 Å². The van der Waals surface area contributed by atoms with Crippen LogP contribution in [0.15, 0.2) is 53.1 Å². The fraction of sp³-hybridized carbons (Fsp3) is 0.0667. The van der Waals surface area contributed by atoms with E-state index in [0.29, 0.717) is 17.6 Å². The molecule has 0 unspecified atom stereocenters. The second kappa shape index (κ2) is 5.67. The molecule has 0 aliphatic heterocycles. The molecule has 106 valence electrons. The Kier molecular flexibility index (Phi) is 3.72. The van der Waals surface area contributed by atoms with Crippen molar-refractivity contribution in [1.29, 1.82) is 0 Å². The number of nitrogens with zero attached hydrogens (tertiary/aromatic N) is 2. The zero-order valence-electron chi connectivity index (χ0n) is 11.0. The van der Waals surface area contributed by atoms with Crippen LogP contribution in [0.2, 0.25) is 0 Å². The molecule has 1 amide bonds. The Labute approximate surface area is 129 Å². The molecule has 0 bridgehead atoms. The highest BCUT2D eigenvalue weighted by Gasteiger charge is 2.07. The highest BCUT2D eigenvalue weighted by atomic mass is 79.9. The quantitative estimate of drug-likeness (QED) is 0.566. The topological polar surface area (TPSA) is 67.2 Å². The van der Waals surface area contributed by atoms with Gasteiger partial charge in [0.05, 0.1) is 12.1 Å². The first-order valence-corrected chi connectivity index (χ1v) is 7.11. The summed E-state index contributed by atoms with van der Waals surface area (Å²) < 4.78 is 2.87. The lowest BCUT2D eigenvalue weighted by Gasteiger charge is -2.01. The summed E-state index contributed by atoms with van der Waals surface area (Å²) in [5, 5.41) is 14.1. The van der Waals surface area contributed by atoms with E-state index in [2.05, 4.69) is 21.0 Å². The van der Waals surface area contributed by atoms with E-state index < -0.39 is 5.91 Å². The molecule has 0 saturated heterocycles. The molecule has 3 aromatic rings. The van der Waals surface area contributed by atoms with E-state index in [4.69, 9.17) is 5.21 Å². The molecule has 2 aromatic carbocycles. The van der Waals surface area contributed by atoms with Crippen LogP contribution in [0, 0.1) is 0 Å². The molecular formula is C15H12BrN3O2. The molecule has 0 saturated carbocycles. The highest BCUT2D eigenvalue weighted by Crippen LogP contribution is 2.16. The van der Waals surface area contributed by atoms with Gasteiger partial charge in [0.1, 0.15) is 0 Å². The number of hydrogen-bond donors (Lipinski definition) is 2. The fourth-order valence-electron chi connectivity index (χ4n) is 2.13. The average molecular weight is 346 g/mol. The zero-order chi connectivity index (χ0) is 14.8. The molecular weight excluding hydrogens is 334 g/mol. The third-order valence-corrected chi connectivity index (χ3v) is 3.70. The third kappa shape index (κ3) is 2.96. The zero-order valence-corrected chi connectivity index (χ0v) is 12.5. The second-order valence-electron chi connectivity index (χ2n) is 4.67. The molecule has 5 nitrogen and oxygen atoms in total. The Morgan fingerprint density at radius 2 is 2.00 bits per heavy atom. The van der Waals surface area contributed by atoms with Gasteiger partial charge in [-0.05, 0) is 29.8 Å². The number of hydrogen-bond acceptors (Lipinski definition) is 3. The first-order valence-electron chi connectivity index (χ1n) is 6.32. The molecule has 1 aromatic heterocycles. The summed E-state index contributed by atoms with van der Waals surface area (Å²) in [6, 6.07) is 13.1. The van der Waals surface area contributed by atoms with Crippen molar-refractivity contribution in [1.82, 2.24) is 15.3 Å². The molecule has 0 aliphatic rings. The Morgan fingerprint density at radius 1 is 1.24 bits per heavy atom. The van der Waals surface area contributed by atoms with Gasteiger partial charge in [0, 0.05) is 21.6 Å². The van der Waals surface area contributed by atoms with Crippen molar-refractivity contribution < 1.29 is 10.0 Å². The van der Waals surface area contributed by atoms with Crippen LogP contribution in [0.5, 0.6) is 0 Å². The standard InChI is InChI=1S/C15H12BrN3O2/c16-13-5-1-10(2-6-13)8-19-9-12-4-3-11(15(20)18-21)7-14(12)17-19/h1-7,9,21H,8H2,(H,18,20). The van der Waals surface area contributed by atoms with Crippen molar-refractivity contribution in [3.05, 3.63) is 64.3 Å². The van der Waals surface area contributed by atoms with Gasteiger partial charge < -0.3 is 0 Å². The minimum atomic E-state index is -0.542. The fourth-order valence-corrected chi connectivity index (χ4v) is 2.40. The van der Waals surface area contributed by atoms with Gasteiger partial charge in [-0.2, -0.15) is 5.10 Å². The maximum Gasteiger partial charge on any atom is 0.274 e. The average Bonchev–Trinajstić information content (AvgIpc) is 2.90. The number of benzene rings is 2. The number of nitrogens with one attached hydrogen (secondary N) is 1. The van der Waals surface area contributed by atoms with E-state index in [0.717, 1.165) is 15.4 Å².